The molecule has 6 heteroatoms. The van der Waals surface area contributed by atoms with Gasteiger partial charge >= 0.3 is 0 Å². The largest absolute Gasteiger partial charge is 0.344 e. The molecule has 0 aliphatic heterocycles. The van der Waals surface area contributed by atoms with Crippen LogP contribution in [0.3, 0.4) is 0 Å². The topological polar surface area (TPSA) is 29.6 Å². The first-order valence-electron chi connectivity index (χ1n) is 47.5. The standard InChI is InChI=1S/3C21H15N.3C17H13N.6C2H6/c1-22-19-13-11-14-6-2-4-8-16(14)20(19)18-12-10-15-7-3-5-9-17(15)21(18)22;1-22-19-11-10-14-6-4-5-9-17(14)21(19)18-12-15-7-2-3-8-16(15)13-20(18)22;1-22-20-13-16-8-3-2-7-15(16)12-19(20)18-11-10-14-6-4-5-9-17(14)21(18)22;1-18-16-9-5-4-8-14(16)15-10-12-6-2-3-7-13(12)11-17(15)18;1-18-16-9-5-4-8-14(16)15-11-10-12-6-2-3-7-13(12)17(15)18;1-18-15-9-5-4-8-14(15)17-13-7-3-2-6-12(13)10-11-16(17)18;6*1-2/h3*2-13H,1H3;3*2-11H,1H3;6*1-2H3. The van der Waals surface area contributed by atoms with Gasteiger partial charge < -0.3 is 27.4 Å². The van der Waals surface area contributed by atoms with Crippen molar-refractivity contribution in [1.29, 1.82) is 0 Å². The third-order valence-corrected chi connectivity index (χ3v) is 25.7. The molecule has 6 aromatic heterocycles. The maximum Gasteiger partial charge on any atom is 0.0568 e. The van der Waals surface area contributed by atoms with Crippen molar-refractivity contribution in [3.05, 3.63) is 400 Å². The summed E-state index contributed by atoms with van der Waals surface area (Å²) < 4.78 is 13.8. The summed E-state index contributed by atoms with van der Waals surface area (Å²) in [5, 5.41) is 39.7. The molecule has 0 N–H and O–H groups in total. The Kier molecular flexibility index (Phi) is 27.4. The van der Waals surface area contributed by atoms with Crippen LogP contribution in [0.5, 0.6) is 0 Å². The number of fused-ring (bicyclic) bond motifs is 33. The van der Waals surface area contributed by atoms with Crippen molar-refractivity contribution in [2.45, 2.75) is 83.1 Å². The molecule has 0 aliphatic carbocycles. The molecule has 21 aromatic carbocycles. The average Bonchev–Trinajstić information content (AvgIpc) is 1.83. The van der Waals surface area contributed by atoms with Crippen LogP contribution in [-0.2, 0) is 42.3 Å². The Morgan fingerprint density at radius 1 is 0.114 bits per heavy atom. The summed E-state index contributed by atoms with van der Waals surface area (Å²) >= 11 is 0. The molecule has 654 valence electrons. The van der Waals surface area contributed by atoms with Crippen molar-refractivity contribution >= 4 is 228 Å². The predicted molar refractivity (Wildman–Crippen MR) is 588 cm³/mol. The highest BCUT2D eigenvalue weighted by Gasteiger charge is 2.19. The first kappa shape index (κ1) is 90.1. The van der Waals surface area contributed by atoms with Crippen molar-refractivity contribution < 1.29 is 0 Å². The minimum atomic E-state index is 1.29. The Morgan fingerprint density at radius 2 is 0.311 bits per heavy atom. The molecule has 0 amide bonds. The van der Waals surface area contributed by atoms with Crippen molar-refractivity contribution in [3.8, 4) is 0 Å². The fourth-order valence-electron chi connectivity index (χ4n) is 19.8. The van der Waals surface area contributed by atoms with Gasteiger partial charge in [0, 0.05) is 173 Å². The van der Waals surface area contributed by atoms with Crippen LogP contribution in [0.4, 0.5) is 0 Å². The summed E-state index contributed by atoms with van der Waals surface area (Å²) in [4.78, 5) is 0. The third-order valence-electron chi connectivity index (χ3n) is 25.7. The summed E-state index contributed by atoms with van der Waals surface area (Å²) in [7, 11) is 12.9. The quantitative estimate of drug-likeness (QED) is 0.145. The van der Waals surface area contributed by atoms with E-state index in [9.17, 15) is 0 Å². The molecule has 0 saturated heterocycles. The predicted octanol–water partition coefficient (Wildman–Crippen LogP) is 36.5. The Morgan fingerprint density at radius 3 is 0.705 bits per heavy atom. The van der Waals surface area contributed by atoms with Crippen LogP contribution in [0.1, 0.15) is 83.1 Å². The van der Waals surface area contributed by atoms with Gasteiger partial charge in [0.2, 0.25) is 0 Å². The van der Waals surface area contributed by atoms with Crippen LogP contribution in [-0.4, -0.2) is 27.4 Å². The number of nitrogens with zero attached hydrogens (tertiary/aromatic N) is 6. The molecular weight excluding hydrogens is 1600 g/mol. The summed E-state index contributed by atoms with van der Waals surface area (Å²) in [5.74, 6) is 0. The molecule has 0 aliphatic rings. The second kappa shape index (κ2) is 40.2. The number of hydrogen-bond donors (Lipinski definition) is 0. The zero-order valence-corrected chi connectivity index (χ0v) is 79.8. The lowest BCUT2D eigenvalue weighted by molar-refractivity contribution is 1.01. The molecule has 6 heterocycles. The van der Waals surface area contributed by atoms with Crippen LogP contribution in [0.15, 0.2) is 400 Å². The van der Waals surface area contributed by atoms with E-state index in [0.29, 0.717) is 0 Å². The SMILES string of the molecule is CC.CC.CC.CC.CC.CC.Cn1c2cc3ccccc3cc2c2c3ccccc3ccc21.Cn1c2cc3ccccc3cc2c2ccc3ccccc3c21.Cn1c2ccc3ccccc3c2c2ccc3ccccc3c21.Cn1c2ccccc2c2c3ccccc3ccc21.Cn1c2ccccc2c2cc3ccccc3cc21.Cn1c2ccccc2c2ccc3ccccc3c21. The molecule has 27 aromatic rings. The highest BCUT2D eigenvalue weighted by atomic mass is 15.0. The summed E-state index contributed by atoms with van der Waals surface area (Å²) in [6.45, 7) is 24.0. The number of aryl methyl sites for hydroxylation is 6. The molecule has 0 unspecified atom stereocenters. The zero-order chi connectivity index (χ0) is 92.4. The molecule has 0 fully saturated rings. The van der Waals surface area contributed by atoms with Crippen LogP contribution in [0.25, 0.3) is 228 Å². The van der Waals surface area contributed by atoms with Crippen molar-refractivity contribution in [2.75, 3.05) is 0 Å². The fraction of sp³-hybridized carbons (Fsp3) is 0.143. The van der Waals surface area contributed by atoms with Crippen LogP contribution >= 0.6 is 0 Å². The molecule has 0 radical (unpaired) electrons. The average molecular weight is 1720 g/mol. The van der Waals surface area contributed by atoms with Gasteiger partial charge in [-0.15, -0.1) is 0 Å². The molecule has 0 atom stereocenters. The van der Waals surface area contributed by atoms with Crippen LogP contribution in [0.2, 0.25) is 0 Å². The van der Waals surface area contributed by atoms with E-state index in [1.54, 1.807) is 0 Å². The smallest absolute Gasteiger partial charge is 0.0568 e. The molecule has 27 rings (SSSR count). The normalized spacial score (nSPS) is 11.0. The van der Waals surface area contributed by atoms with Gasteiger partial charge in [-0.05, 0) is 154 Å². The van der Waals surface area contributed by atoms with Gasteiger partial charge in [0.25, 0.3) is 0 Å². The molecule has 0 saturated carbocycles. The summed E-state index contributed by atoms with van der Waals surface area (Å²) in [5.41, 5.74) is 15.6. The van der Waals surface area contributed by atoms with E-state index < -0.39 is 0 Å². The van der Waals surface area contributed by atoms with E-state index in [2.05, 4.69) is 470 Å². The van der Waals surface area contributed by atoms with E-state index in [-0.39, 0.29) is 0 Å². The van der Waals surface area contributed by atoms with Gasteiger partial charge in [0.05, 0.1) is 16.6 Å². The minimum absolute atomic E-state index is 1.29. The lowest BCUT2D eigenvalue weighted by Gasteiger charge is -2.03. The maximum atomic E-state index is 2.33. The van der Waals surface area contributed by atoms with E-state index in [4.69, 9.17) is 0 Å². The lowest BCUT2D eigenvalue weighted by Crippen LogP contribution is -1.87. The van der Waals surface area contributed by atoms with E-state index in [1.165, 1.54) is 228 Å². The number of hydrogen-bond acceptors (Lipinski definition) is 0. The number of aromatic nitrogens is 6. The van der Waals surface area contributed by atoms with Crippen molar-refractivity contribution in [1.82, 2.24) is 27.4 Å². The molecular formula is C126H120N6. The summed E-state index contributed by atoms with van der Waals surface area (Å²) in [6, 6.07) is 144. The Hall–Kier alpha value is -15.2. The second-order valence-electron chi connectivity index (χ2n) is 32.1. The molecule has 0 bridgehead atoms. The number of benzene rings is 21. The zero-order valence-electron chi connectivity index (χ0n) is 79.8. The van der Waals surface area contributed by atoms with Gasteiger partial charge in [0.15, 0.2) is 0 Å². The number of rotatable bonds is 0. The van der Waals surface area contributed by atoms with E-state index >= 15 is 0 Å². The van der Waals surface area contributed by atoms with E-state index in [0.717, 1.165) is 0 Å². The fourth-order valence-corrected chi connectivity index (χ4v) is 19.8. The highest BCUT2D eigenvalue weighted by molar-refractivity contribution is 6.27. The van der Waals surface area contributed by atoms with E-state index in [1.807, 2.05) is 83.1 Å². The summed E-state index contributed by atoms with van der Waals surface area (Å²) in [6.07, 6.45) is 0. The monoisotopic (exact) mass is 1720 g/mol. The van der Waals surface area contributed by atoms with Gasteiger partial charge in [-0.25, -0.2) is 0 Å². The third kappa shape index (κ3) is 16.2. The first-order valence-corrected chi connectivity index (χ1v) is 47.5. The highest BCUT2D eigenvalue weighted by Crippen LogP contribution is 2.43. The molecule has 132 heavy (non-hydrogen) atoms. The Labute approximate surface area is 775 Å². The first-order chi connectivity index (χ1) is 65.1. The second-order valence-corrected chi connectivity index (χ2v) is 32.1. The van der Waals surface area contributed by atoms with Crippen molar-refractivity contribution in [3.63, 3.8) is 0 Å². The van der Waals surface area contributed by atoms with Gasteiger partial charge in [-0.3, -0.25) is 0 Å². The Balaban J connectivity index is 0.000000113. The Bertz CT molecular complexity index is 8720. The van der Waals surface area contributed by atoms with Gasteiger partial charge in [-0.1, -0.05) is 411 Å². The minimum Gasteiger partial charge on any atom is -0.344 e. The maximum absolute atomic E-state index is 2.33. The van der Waals surface area contributed by atoms with Gasteiger partial charge in [-0.2, -0.15) is 0 Å². The lowest BCUT2D eigenvalue weighted by atomic mass is 10.0. The number of para-hydroxylation sites is 3. The van der Waals surface area contributed by atoms with Crippen molar-refractivity contribution in [2.24, 2.45) is 42.3 Å². The van der Waals surface area contributed by atoms with Gasteiger partial charge in [0.1, 0.15) is 0 Å². The van der Waals surface area contributed by atoms with Crippen LogP contribution < -0.4 is 0 Å². The molecule has 0 spiro atoms. The van der Waals surface area contributed by atoms with Crippen LogP contribution in [0, 0.1) is 0 Å². The molecule has 6 nitrogen and oxygen atoms in total.